The Bertz CT molecular complexity index is 541. The van der Waals surface area contributed by atoms with Crippen LogP contribution < -0.4 is 0 Å². The highest BCUT2D eigenvalue weighted by atomic mass is 16.4. The van der Waals surface area contributed by atoms with Crippen LogP contribution in [0.3, 0.4) is 0 Å². The lowest BCUT2D eigenvalue weighted by molar-refractivity contribution is -0.156. The molecule has 21 heavy (non-hydrogen) atoms. The summed E-state index contributed by atoms with van der Waals surface area (Å²) in [4.78, 5) is 25.7. The predicted molar refractivity (Wildman–Crippen MR) is 81.1 cm³/mol. The van der Waals surface area contributed by atoms with Crippen LogP contribution >= 0.6 is 0 Å². The summed E-state index contributed by atoms with van der Waals surface area (Å²) in [6.07, 6.45) is 2.85. The van der Waals surface area contributed by atoms with Crippen LogP contribution in [-0.4, -0.2) is 34.0 Å². The van der Waals surface area contributed by atoms with E-state index in [4.69, 9.17) is 0 Å². The second-order valence-electron chi connectivity index (χ2n) is 5.77. The van der Waals surface area contributed by atoms with Gasteiger partial charge in [-0.25, -0.2) is 4.79 Å². The number of carbonyl (C=O) groups excluding carboxylic acids is 1. The van der Waals surface area contributed by atoms with Crippen LogP contribution in [0.4, 0.5) is 0 Å². The van der Waals surface area contributed by atoms with Gasteiger partial charge in [-0.2, -0.15) is 0 Å². The van der Waals surface area contributed by atoms with Gasteiger partial charge in [-0.1, -0.05) is 31.2 Å². The van der Waals surface area contributed by atoms with Crippen LogP contribution in [0.25, 0.3) is 0 Å². The Morgan fingerprint density at radius 1 is 1.33 bits per heavy atom. The van der Waals surface area contributed by atoms with Gasteiger partial charge < -0.3 is 10.0 Å². The molecular formula is C17H23NO3. The number of rotatable bonds is 5. The molecule has 1 fully saturated rings. The van der Waals surface area contributed by atoms with Gasteiger partial charge in [0, 0.05) is 13.0 Å². The van der Waals surface area contributed by atoms with Crippen LogP contribution in [0.15, 0.2) is 24.3 Å². The van der Waals surface area contributed by atoms with Crippen molar-refractivity contribution in [2.75, 3.05) is 6.54 Å². The fourth-order valence-corrected chi connectivity index (χ4v) is 3.25. The van der Waals surface area contributed by atoms with Crippen molar-refractivity contribution in [1.29, 1.82) is 0 Å². The summed E-state index contributed by atoms with van der Waals surface area (Å²) in [5, 5.41) is 9.52. The molecule has 1 aromatic rings. The number of aryl methyl sites for hydroxylation is 2. The second-order valence-corrected chi connectivity index (χ2v) is 5.77. The van der Waals surface area contributed by atoms with E-state index < -0.39 is 11.5 Å². The van der Waals surface area contributed by atoms with Crippen molar-refractivity contribution in [3.8, 4) is 0 Å². The maximum absolute atomic E-state index is 12.5. The minimum atomic E-state index is -0.983. The van der Waals surface area contributed by atoms with E-state index in [1.54, 1.807) is 4.90 Å². The van der Waals surface area contributed by atoms with Crippen LogP contribution in [0, 0.1) is 6.92 Å². The van der Waals surface area contributed by atoms with Crippen LogP contribution in [-0.2, 0) is 16.0 Å². The monoisotopic (exact) mass is 289 g/mol. The van der Waals surface area contributed by atoms with Crippen LogP contribution in [0.5, 0.6) is 0 Å². The quantitative estimate of drug-likeness (QED) is 0.906. The third-order valence-electron chi connectivity index (χ3n) is 4.64. The van der Waals surface area contributed by atoms with Gasteiger partial charge in [-0.3, -0.25) is 4.79 Å². The molecule has 1 N–H and O–H groups in total. The number of carbonyl (C=O) groups is 2. The zero-order valence-electron chi connectivity index (χ0n) is 12.8. The standard InChI is InChI=1S/C17H23NO3/c1-3-17(16(20)21)11-6-12-18(17)15(19)10-9-14-8-5-4-7-13(14)2/h4-5,7-8H,3,6,9-12H2,1-2H3,(H,20,21). The largest absolute Gasteiger partial charge is 0.479 e. The number of likely N-dealkylation sites (tertiary alicyclic amines) is 1. The van der Waals surface area contributed by atoms with Gasteiger partial charge in [0.1, 0.15) is 5.54 Å². The maximum atomic E-state index is 12.5. The lowest BCUT2D eigenvalue weighted by Crippen LogP contribution is -2.52. The molecule has 4 nitrogen and oxygen atoms in total. The van der Waals surface area contributed by atoms with Gasteiger partial charge in [0.05, 0.1) is 0 Å². The number of nitrogens with zero attached hydrogens (tertiary/aromatic N) is 1. The van der Waals surface area contributed by atoms with Gasteiger partial charge >= 0.3 is 5.97 Å². The highest BCUT2D eigenvalue weighted by Gasteiger charge is 2.48. The molecule has 2 rings (SSSR count). The molecule has 1 aromatic carbocycles. The first kappa shape index (κ1) is 15.5. The number of carboxylic acid groups (broad SMARTS) is 1. The SMILES string of the molecule is CCC1(C(=O)O)CCCN1C(=O)CCc1ccccc1C. The third-order valence-corrected chi connectivity index (χ3v) is 4.64. The van der Waals surface area contributed by atoms with E-state index in [-0.39, 0.29) is 5.91 Å². The molecule has 0 radical (unpaired) electrons. The van der Waals surface area contributed by atoms with Crippen LogP contribution in [0.2, 0.25) is 0 Å². The van der Waals surface area contributed by atoms with Gasteiger partial charge in [0.2, 0.25) is 5.91 Å². The van der Waals surface area contributed by atoms with Crippen LogP contribution in [0.1, 0.15) is 43.7 Å². The Kier molecular flexibility index (Phi) is 4.66. The Labute approximate surface area is 125 Å². The summed E-state index contributed by atoms with van der Waals surface area (Å²) in [5.74, 6) is -0.910. The van der Waals surface area contributed by atoms with Crippen molar-refractivity contribution >= 4 is 11.9 Å². The van der Waals surface area contributed by atoms with Gasteiger partial charge in [0.25, 0.3) is 0 Å². The van der Waals surface area contributed by atoms with E-state index in [0.717, 1.165) is 12.0 Å². The van der Waals surface area contributed by atoms with Crippen molar-refractivity contribution in [3.05, 3.63) is 35.4 Å². The van der Waals surface area contributed by atoms with Crippen molar-refractivity contribution in [1.82, 2.24) is 4.90 Å². The van der Waals surface area contributed by atoms with Gasteiger partial charge in [-0.05, 0) is 43.7 Å². The summed E-state index contributed by atoms with van der Waals surface area (Å²) in [7, 11) is 0. The normalized spacial score (nSPS) is 21.5. The van der Waals surface area contributed by atoms with Gasteiger partial charge in [0.15, 0.2) is 0 Å². The topological polar surface area (TPSA) is 57.6 Å². The summed E-state index contributed by atoms with van der Waals surface area (Å²) < 4.78 is 0. The fraction of sp³-hybridized carbons (Fsp3) is 0.529. The molecule has 0 aromatic heterocycles. The molecule has 0 spiro atoms. The molecule has 4 heteroatoms. The molecule has 1 aliphatic rings. The molecule has 1 saturated heterocycles. The lowest BCUT2D eigenvalue weighted by atomic mass is 9.92. The van der Waals surface area contributed by atoms with Crippen molar-refractivity contribution in [2.24, 2.45) is 0 Å². The first-order chi connectivity index (χ1) is 10.0. The van der Waals surface area contributed by atoms with Crippen molar-refractivity contribution < 1.29 is 14.7 Å². The van der Waals surface area contributed by atoms with Gasteiger partial charge in [-0.15, -0.1) is 0 Å². The molecule has 1 heterocycles. The first-order valence-corrected chi connectivity index (χ1v) is 7.59. The molecule has 114 valence electrons. The summed E-state index contributed by atoms with van der Waals surface area (Å²) in [6, 6.07) is 8.00. The second kappa shape index (κ2) is 6.29. The first-order valence-electron chi connectivity index (χ1n) is 7.59. The highest BCUT2D eigenvalue weighted by molar-refractivity contribution is 5.87. The maximum Gasteiger partial charge on any atom is 0.329 e. The Morgan fingerprint density at radius 3 is 2.67 bits per heavy atom. The predicted octanol–water partition coefficient (Wildman–Crippen LogP) is 2.78. The van der Waals surface area contributed by atoms with E-state index in [9.17, 15) is 14.7 Å². The number of amides is 1. The Balaban J connectivity index is 2.06. The Hall–Kier alpha value is -1.84. The number of benzene rings is 1. The highest BCUT2D eigenvalue weighted by Crippen LogP contribution is 2.33. The average molecular weight is 289 g/mol. The lowest BCUT2D eigenvalue weighted by Gasteiger charge is -2.34. The molecule has 0 bridgehead atoms. The number of aliphatic carboxylic acids is 1. The third kappa shape index (κ3) is 2.94. The molecule has 0 aliphatic carbocycles. The van der Waals surface area contributed by atoms with E-state index in [1.807, 2.05) is 38.1 Å². The molecule has 1 unspecified atom stereocenters. The molecule has 1 aliphatic heterocycles. The zero-order chi connectivity index (χ0) is 15.5. The molecule has 1 atom stereocenters. The molecular weight excluding hydrogens is 266 g/mol. The number of hydrogen-bond donors (Lipinski definition) is 1. The van der Waals surface area contributed by atoms with Crippen molar-refractivity contribution in [2.45, 2.75) is 51.5 Å². The number of hydrogen-bond acceptors (Lipinski definition) is 2. The minimum Gasteiger partial charge on any atom is -0.479 e. The summed E-state index contributed by atoms with van der Waals surface area (Å²) in [5.41, 5.74) is 1.34. The van der Waals surface area contributed by atoms with E-state index >= 15 is 0 Å². The molecule has 1 amide bonds. The molecule has 0 saturated carbocycles. The van der Waals surface area contributed by atoms with E-state index in [0.29, 0.717) is 32.2 Å². The van der Waals surface area contributed by atoms with E-state index in [2.05, 4.69) is 0 Å². The Morgan fingerprint density at radius 2 is 2.05 bits per heavy atom. The van der Waals surface area contributed by atoms with E-state index in [1.165, 1.54) is 5.56 Å². The zero-order valence-corrected chi connectivity index (χ0v) is 12.8. The summed E-state index contributed by atoms with van der Waals surface area (Å²) >= 11 is 0. The fourth-order valence-electron chi connectivity index (χ4n) is 3.25. The average Bonchev–Trinajstić information content (AvgIpc) is 2.91. The smallest absolute Gasteiger partial charge is 0.329 e. The number of carboxylic acids is 1. The van der Waals surface area contributed by atoms with Crippen molar-refractivity contribution in [3.63, 3.8) is 0 Å². The summed E-state index contributed by atoms with van der Waals surface area (Å²) in [6.45, 7) is 4.44. The minimum absolute atomic E-state index is 0.0417.